The third-order valence-electron chi connectivity index (χ3n) is 4.91. The highest BCUT2D eigenvalue weighted by Crippen LogP contribution is 2.15. The Kier molecular flexibility index (Phi) is 7.72. The molecule has 0 spiro atoms. The molecule has 2 amide bonds. The number of nitrogens with one attached hydrogen (secondary N) is 2. The minimum Gasteiger partial charge on any atom is -0.459 e. The number of amides is 2. The molecule has 8 heteroatoms. The summed E-state index contributed by atoms with van der Waals surface area (Å²) in [6.07, 6.45) is 4.30. The number of likely N-dealkylation sites (N-methyl/N-ethyl adjacent to an activating group) is 1. The fraction of sp³-hybridized carbons (Fsp3) is 0.391. The molecule has 0 atom stereocenters. The molecule has 0 saturated carbocycles. The molecule has 3 rings (SSSR count). The molecule has 31 heavy (non-hydrogen) atoms. The normalized spacial score (nSPS) is 11.1. The molecule has 0 aliphatic carbocycles. The fourth-order valence-corrected chi connectivity index (χ4v) is 3.29. The van der Waals surface area contributed by atoms with E-state index in [0.29, 0.717) is 43.5 Å². The second-order valence-electron chi connectivity index (χ2n) is 7.81. The molecule has 0 aromatic carbocycles. The van der Waals surface area contributed by atoms with Crippen LogP contribution in [0.1, 0.15) is 45.9 Å². The van der Waals surface area contributed by atoms with Gasteiger partial charge in [-0.05, 0) is 42.8 Å². The van der Waals surface area contributed by atoms with Gasteiger partial charge in [0.2, 0.25) is 0 Å². The number of rotatable bonds is 11. The summed E-state index contributed by atoms with van der Waals surface area (Å²) in [5.74, 6) is 0.983. The Balaban J connectivity index is 1.64. The van der Waals surface area contributed by atoms with Crippen molar-refractivity contribution in [2.75, 3.05) is 33.7 Å². The van der Waals surface area contributed by atoms with Crippen molar-refractivity contribution in [2.24, 2.45) is 0 Å². The van der Waals surface area contributed by atoms with Crippen molar-refractivity contribution in [1.82, 2.24) is 14.8 Å². The first kappa shape index (κ1) is 22.4. The van der Waals surface area contributed by atoms with E-state index in [9.17, 15) is 9.59 Å². The van der Waals surface area contributed by atoms with Gasteiger partial charge in [-0.25, -0.2) is 0 Å². The molecule has 0 aliphatic rings. The van der Waals surface area contributed by atoms with Crippen LogP contribution >= 0.6 is 0 Å². The van der Waals surface area contributed by atoms with Crippen molar-refractivity contribution in [3.63, 3.8) is 0 Å². The molecule has 3 aromatic rings. The lowest BCUT2D eigenvalue weighted by atomic mass is 10.3. The van der Waals surface area contributed by atoms with E-state index in [1.807, 2.05) is 50.0 Å². The minimum absolute atomic E-state index is 0.129. The van der Waals surface area contributed by atoms with Gasteiger partial charge in [0.1, 0.15) is 5.76 Å². The van der Waals surface area contributed by atoms with E-state index in [2.05, 4.69) is 5.32 Å². The van der Waals surface area contributed by atoms with Gasteiger partial charge in [-0.15, -0.1) is 0 Å². The molecule has 3 heterocycles. The van der Waals surface area contributed by atoms with E-state index in [1.54, 1.807) is 23.1 Å². The number of furan rings is 2. The summed E-state index contributed by atoms with van der Waals surface area (Å²) in [5, 5.41) is 2.87. The highest BCUT2D eigenvalue weighted by Gasteiger charge is 2.19. The van der Waals surface area contributed by atoms with Crippen molar-refractivity contribution in [2.45, 2.75) is 26.4 Å². The first-order chi connectivity index (χ1) is 15.0. The van der Waals surface area contributed by atoms with Crippen LogP contribution < -0.4 is 10.2 Å². The number of hydrogen-bond donors (Lipinski definition) is 2. The maximum absolute atomic E-state index is 12.8. The second kappa shape index (κ2) is 10.7. The van der Waals surface area contributed by atoms with Crippen molar-refractivity contribution >= 4 is 11.8 Å². The molecular formula is C23H31N4O4+. The topological polar surface area (TPSA) is 85.1 Å². The van der Waals surface area contributed by atoms with Crippen molar-refractivity contribution in [3.05, 3.63) is 71.8 Å². The zero-order valence-electron chi connectivity index (χ0n) is 18.4. The second-order valence-corrected chi connectivity index (χ2v) is 7.81. The Labute approximate surface area is 182 Å². The highest BCUT2D eigenvalue weighted by atomic mass is 16.4. The predicted molar refractivity (Wildman–Crippen MR) is 116 cm³/mol. The Morgan fingerprint density at radius 3 is 2.68 bits per heavy atom. The standard InChI is InChI=1S/C23H30N4O4/c1-4-12-27(23(29)21-8-6-15-30-21)16-18-7-5-13-26(18)17-19-9-10-20(31-19)22(28)24-11-14-25(2)3/h5-10,13,15H,4,11-12,14,16-17H2,1-3H3,(H,24,28)/p+1. The molecule has 166 valence electrons. The van der Waals surface area contributed by atoms with Gasteiger partial charge in [-0.1, -0.05) is 6.92 Å². The number of carbonyl (C=O) groups is 2. The Bertz CT molecular complexity index is 972. The van der Waals surface area contributed by atoms with Gasteiger partial charge in [-0.3, -0.25) is 9.59 Å². The van der Waals surface area contributed by atoms with Gasteiger partial charge < -0.3 is 28.5 Å². The smallest absolute Gasteiger partial charge is 0.289 e. The van der Waals surface area contributed by atoms with Crippen molar-refractivity contribution in [1.29, 1.82) is 0 Å². The lowest BCUT2D eigenvalue weighted by molar-refractivity contribution is -0.856. The quantitative estimate of drug-likeness (QED) is 0.487. The van der Waals surface area contributed by atoms with Gasteiger partial charge in [0.05, 0.1) is 46.5 Å². The lowest BCUT2D eigenvalue weighted by Gasteiger charge is -2.22. The Morgan fingerprint density at radius 2 is 1.97 bits per heavy atom. The largest absolute Gasteiger partial charge is 0.459 e. The summed E-state index contributed by atoms with van der Waals surface area (Å²) in [7, 11) is 4.07. The summed E-state index contributed by atoms with van der Waals surface area (Å²) in [4.78, 5) is 28.0. The van der Waals surface area contributed by atoms with Gasteiger partial charge in [0.25, 0.3) is 11.8 Å². The molecule has 3 aromatic heterocycles. The molecule has 0 radical (unpaired) electrons. The predicted octanol–water partition coefficient (Wildman–Crippen LogP) is 1.65. The zero-order valence-corrected chi connectivity index (χ0v) is 18.4. The summed E-state index contributed by atoms with van der Waals surface area (Å²) in [6.45, 7) is 5.04. The first-order valence-corrected chi connectivity index (χ1v) is 10.6. The lowest BCUT2D eigenvalue weighted by Crippen LogP contribution is -3.06. The van der Waals surface area contributed by atoms with Gasteiger partial charge in [-0.2, -0.15) is 0 Å². The fourth-order valence-electron chi connectivity index (χ4n) is 3.29. The van der Waals surface area contributed by atoms with Gasteiger partial charge in [0, 0.05) is 18.4 Å². The third kappa shape index (κ3) is 6.11. The van der Waals surface area contributed by atoms with Crippen LogP contribution in [0, 0.1) is 0 Å². The maximum atomic E-state index is 12.8. The van der Waals surface area contributed by atoms with Crippen molar-refractivity contribution < 1.29 is 23.3 Å². The molecule has 8 nitrogen and oxygen atoms in total. The molecular weight excluding hydrogens is 396 g/mol. The molecule has 2 N–H and O–H groups in total. The zero-order chi connectivity index (χ0) is 22.2. The monoisotopic (exact) mass is 427 g/mol. The molecule has 0 aliphatic heterocycles. The number of aromatic nitrogens is 1. The summed E-state index contributed by atoms with van der Waals surface area (Å²) < 4.78 is 13.1. The third-order valence-corrected chi connectivity index (χ3v) is 4.91. The van der Waals surface area contributed by atoms with E-state index in [-0.39, 0.29) is 11.8 Å². The van der Waals surface area contributed by atoms with E-state index < -0.39 is 0 Å². The summed E-state index contributed by atoms with van der Waals surface area (Å²) in [6, 6.07) is 10.8. The molecule has 0 bridgehead atoms. The molecule has 0 saturated heterocycles. The van der Waals surface area contributed by atoms with Crippen LogP contribution in [-0.4, -0.2) is 55.0 Å². The number of hydrogen-bond acceptors (Lipinski definition) is 4. The number of quaternary nitrogens is 1. The number of carbonyl (C=O) groups excluding carboxylic acids is 2. The summed E-state index contributed by atoms with van der Waals surface area (Å²) >= 11 is 0. The van der Waals surface area contributed by atoms with Crippen LogP contribution in [0.3, 0.4) is 0 Å². The van der Waals surface area contributed by atoms with Crippen LogP contribution in [-0.2, 0) is 13.1 Å². The van der Waals surface area contributed by atoms with E-state index in [0.717, 1.165) is 18.7 Å². The average molecular weight is 428 g/mol. The van der Waals surface area contributed by atoms with Crippen LogP contribution in [0.4, 0.5) is 0 Å². The maximum Gasteiger partial charge on any atom is 0.289 e. The number of nitrogens with zero attached hydrogens (tertiary/aromatic N) is 2. The van der Waals surface area contributed by atoms with Crippen LogP contribution in [0.15, 0.2) is 57.7 Å². The average Bonchev–Trinajstić information content (AvgIpc) is 3.50. The van der Waals surface area contributed by atoms with E-state index in [1.165, 1.54) is 11.2 Å². The molecule has 0 unspecified atom stereocenters. The van der Waals surface area contributed by atoms with E-state index >= 15 is 0 Å². The Morgan fingerprint density at radius 1 is 1.13 bits per heavy atom. The minimum atomic E-state index is -0.210. The Hall–Kier alpha value is -3.26. The SMILES string of the molecule is CCCN(Cc1cccn1Cc1ccc(C(=O)NCC[NH+](C)C)o1)C(=O)c1ccco1. The van der Waals surface area contributed by atoms with Gasteiger partial charge in [0.15, 0.2) is 11.5 Å². The van der Waals surface area contributed by atoms with Crippen molar-refractivity contribution in [3.8, 4) is 0 Å². The molecule has 0 fully saturated rings. The van der Waals surface area contributed by atoms with E-state index in [4.69, 9.17) is 8.83 Å². The van der Waals surface area contributed by atoms with Crippen LogP contribution in [0.5, 0.6) is 0 Å². The highest BCUT2D eigenvalue weighted by molar-refractivity contribution is 5.91. The van der Waals surface area contributed by atoms with Gasteiger partial charge >= 0.3 is 0 Å². The first-order valence-electron chi connectivity index (χ1n) is 10.6. The summed E-state index contributed by atoms with van der Waals surface area (Å²) in [5.41, 5.74) is 0.977. The van der Waals surface area contributed by atoms with Crippen LogP contribution in [0.2, 0.25) is 0 Å². The van der Waals surface area contributed by atoms with Crippen LogP contribution in [0.25, 0.3) is 0 Å².